The zero-order valence-corrected chi connectivity index (χ0v) is 5.72. The standard InChI is InChI=1S/C7H14N/c1-3-7-4-5-8-6(7)2/h6-7H,3-5H2,1-2H3. The lowest BCUT2D eigenvalue weighted by molar-refractivity contribution is 0.459. The smallest absolute Gasteiger partial charge is 0.0246 e. The van der Waals surface area contributed by atoms with Crippen LogP contribution in [0.5, 0.6) is 0 Å². The van der Waals surface area contributed by atoms with Crippen molar-refractivity contribution >= 4 is 0 Å². The lowest BCUT2D eigenvalue weighted by atomic mass is 10.00. The Morgan fingerprint density at radius 1 is 1.62 bits per heavy atom. The number of hydrogen-bond acceptors (Lipinski definition) is 0. The molecule has 1 radical (unpaired) electrons. The van der Waals surface area contributed by atoms with Crippen molar-refractivity contribution in [2.45, 2.75) is 32.7 Å². The lowest BCUT2D eigenvalue weighted by Crippen LogP contribution is -2.15. The van der Waals surface area contributed by atoms with Gasteiger partial charge in [0.05, 0.1) is 0 Å². The van der Waals surface area contributed by atoms with E-state index in [0.717, 1.165) is 12.5 Å². The molecule has 0 aliphatic carbocycles. The predicted octanol–water partition coefficient (Wildman–Crippen LogP) is 1.41. The van der Waals surface area contributed by atoms with Crippen molar-refractivity contribution < 1.29 is 0 Å². The minimum atomic E-state index is 0.653. The minimum absolute atomic E-state index is 0.653. The molecule has 2 unspecified atom stereocenters. The molecule has 1 heteroatoms. The molecule has 1 heterocycles. The van der Waals surface area contributed by atoms with Crippen molar-refractivity contribution in [3.05, 3.63) is 0 Å². The van der Waals surface area contributed by atoms with Crippen LogP contribution >= 0.6 is 0 Å². The van der Waals surface area contributed by atoms with Crippen molar-refractivity contribution in [3.8, 4) is 0 Å². The van der Waals surface area contributed by atoms with Crippen molar-refractivity contribution in [2.75, 3.05) is 6.54 Å². The third-order valence-electron chi connectivity index (χ3n) is 2.12. The molecule has 1 nitrogen and oxygen atoms in total. The molecule has 0 saturated carbocycles. The molecule has 1 aliphatic rings. The quantitative estimate of drug-likeness (QED) is 0.487. The van der Waals surface area contributed by atoms with Crippen LogP contribution in [0.4, 0.5) is 0 Å². The maximum atomic E-state index is 4.39. The van der Waals surface area contributed by atoms with Crippen LogP contribution < -0.4 is 5.32 Å². The van der Waals surface area contributed by atoms with Crippen LogP contribution in [0.1, 0.15) is 26.7 Å². The van der Waals surface area contributed by atoms with E-state index >= 15 is 0 Å². The fourth-order valence-electron chi connectivity index (χ4n) is 1.38. The summed E-state index contributed by atoms with van der Waals surface area (Å²) in [5, 5.41) is 4.39. The van der Waals surface area contributed by atoms with Crippen molar-refractivity contribution in [1.29, 1.82) is 0 Å². The molecule has 0 aromatic heterocycles. The molecule has 8 heavy (non-hydrogen) atoms. The Bertz CT molecular complexity index is 70.8. The first-order valence-corrected chi connectivity index (χ1v) is 3.51. The Balaban J connectivity index is 2.30. The van der Waals surface area contributed by atoms with Gasteiger partial charge in [-0.05, 0) is 19.3 Å². The van der Waals surface area contributed by atoms with Gasteiger partial charge in [-0.25, -0.2) is 5.32 Å². The van der Waals surface area contributed by atoms with Gasteiger partial charge in [0.25, 0.3) is 0 Å². The molecular formula is C7H14N. The molecule has 2 atom stereocenters. The molecule has 0 N–H and O–H groups in total. The summed E-state index contributed by atoms with van der Waals surface area (Å²) in [7, 11) is 0. The highest BCUT2D eigenvalue weighted by Crippen LogP contribution is 2.18. The van der Waals surface area contributed by atoms with Crippen molar-refractivity contribution in [2.24, 2.45) is 5.92 Å². The van der Waals surface area contributed by atoms with E-state index < -0.39 is 0 Å². The molecule has 1 rings (SSSR count). The third-order valence-corrected chi connectivity index (χ3v) is 2.12. The van der Waals surface area contributed by atoms with E-state index in [4.69, 9.17) is 0 Å². The molecule has 1 saturated heterocycles. The molecule has 1 aliphatic heterocycles. The molecule has 0 spiro atoms. The summed E-state index contributed by atoms with van der Waals surface area (Å²) in [4.78, 5) is 0. The largest absolute Gasteiger partial charge is 0.238 e. The van der Waals surface area contributed by atoms with Gasteiger partial charge in [-0.1, -0.05) is 13.3 Å². The molecule has 1 fully saturated rings. The maximum Gasteiger partial charge on any atom is 0.0246 e. The summed E-state index contributed by atoms with van der Waals surface area (Å²) in [5.74, 6) is 0.898. The second-order valence-corrected chi connectivity index (χ2v) is 2.60. The molecule has 0 bridgehead atoms. The first-order chi connectivity index (χ1) is 3.84. The second-order valence-electron chi connectivity index (χ2n) is 2.60. The van der Waals surface area contributed by atoms with E-state index in [9.17, 15) is 0 Å². The number of hydrogen-bond donors (Lipinski definition) is 0. The van der Waals surface area contributed by atoms with Crippen LogP contribution in [-0.4, -0.2) is 12.6 Å². The van der Waals surface area contributed by atoms with Gasteiger partial charge in [0.1, 0.15) is 0 Å². The Labute approximate surface area is 51.5 Å². The first-order valence-electron chi connectivity index (χ1n) is 3.51. The maximum absolute atomic E-state index is 4.39. The van der Waals surface area contributed by atoms with Gasteiger partial charge in [-0.15, -0.1) is 0 Å². The summed E-state index contributed by atoms with van der Waals surface area (Å²) in [6, 6.07) is 0.653. The molecule has 47 valence electrons. The van der Waals surface area contributed by atoms with E-state index in [-0.39, 0.29) is 0 Å². The summed E-state index contributed by atoms with van der Waals surface area (Å²) >= 11 is 0. The number of nitrogens with zero attached hydrogens (tertiary/aromatic N) is 1. The zero-order chi connectivity index (χ0) is 5.98. The van der Waals surface area contributed by atoms with Crippen molar-refractivity contribution in [1.82, 2.24) is 5.32 Å². The second kappa shape index (κ2) is 2.49. The Kier molecular flexibility index (Phi) is 1.90. The fourth-order valence-corrected chi connectivity index (χ4v) is 1.38. The van der Waals surface area contributed by atoms with Crippen LogP contribution in [0, 0.1) is 5.92 Å². The van der Waals surface area contributed by atoms with E-state index in [1.807, 2.05) is 0 Å². The van der Waals surface area contributed by atoms with Crippen LogP contribution in [0.15, 0.2) is 0 Å². The highest BCUT2D eigenvalue weighted by atomic mass is 14.9. The van der Waals surface area contributed by atoms with Gasteiger partial charge in [0, 0.05) is 12.6 Å². The monoisotopic (exact) mass is 112 g/mol. The predicted molar refractivity (Wildman–Crippen MR) is 34.9 cm³/mol. The Morgan fingerprint density at radius 3 is 2.62 bits per heavy atom. The van der Waals surface area contributed by atoms with E-state index in [1.54, 1.807) is 0 Å². The third kappa shape index (κ3) is 1.03. The molecule has 0 amide bonds. The van der Waals surface area contributed by atoms with Gasteiger partial charge >= 0.3 is 0 Å². The summed E-state index contributed by atoms with van der Waals surface area (Å²) in [6.07, 6.45) is 2.64. The highest BCUT2D eigenvalue weighted by Gasteiger charge is 2.21. The average Bonchev–Trinajstić information content (AvgIpc) is 2.14. The topological polar surface area (TPSA) is 14.1 Å². The van der Waals surface area contributed by atoms with Crippen LogP contribution in [0.25, 0.3) is 0 Å². The summed E-state index contributed by atoms with van der Waals surface area (Å²) in [5.41, 5.74) is 0. The van der Waals surface area contributed by atoms with Gasteiger partial charge in [0.15, 0.2) is 0 Å². The summed E-state index contributed by atoms with van der Waals surface area (Å²) < 4.78 is 0. The Morgan fingerprint density at radius 2 is 2.38 bits per heavy atom. The summed E-state index contributed by atoms with van der Waals surface area (Å²) in [6.45, 7) is 5.59. The Hall–Kier alpha value is -0.0400. The van der Waals surface area contributed by atoms with Gasteiger partial charge in [0.2, 0.25) is 0 Å². The van der Waals surface area contributed by atoms with Crippen LogP contribution in [-0.2, 0) is 0 Å². The van der Waals surface area contributed by atoms with E-state index in [2.05, 4.69) is 19.2 Å². The van der Waals surface area contributed by atoms with Crippen LogP contribution in [0.2, 0.25) is 0 Å². The fraction of sp³-hybridized carbons (Fsp3) is 1.00. The minimum Gasteiger partial charge on any atom is -0.238 e. The zero-order valence-electron chi connectivity index (χ0n) is 5.72. The van der Waals surface area contributed by atoms with Crippen LogP contribution in [0.3, 0.4) is 0 Å². The van der Waals surface area contributed by atoms with Gasteiger partial charge < -0.3 is 0 Å². The highest BCUT2D eigenvalue weighted by molar-refractivity contribution is 4.77. The normalized spacial score (nSPS) is 38.2. The molecule has 0 aromatic rings. The molecule has 0 aromatic carbocycles. The molecular weight excluding hydrogens is 98.1 g/mol. The SMILES string of the molecule is CCC1CC[N]C1C. The lowest BCUT2D eigenvalue weighted by Gasteiger charge is -2.09. The average molecular weight is 112 g/mol. The van der Waals surface area contributed by atoms with E-state index in [0.29, 0.717) is 6.04 Å². The van der Waals surface area contributed by atoms with Gasteiger partial charge in [-0.3, -0.25) is 0 Å². The van der Waals surface area contributed by atoms with Crippen molar-refractivity contribution in [3.63, 3.8) is 0 Å². The first kappa shape index (κ1) is 6.09. The van der Waals surface area contributed by atoms with Gasteiger partial charge in [-0.2, -0.15) is 0 Å². The number of rotatable bonds is 1. The van der Waals surface area contributed by atoms with E-state index in [1.165, 1.54) is 12.8 Å².